The summed E-state index contributed by atoms with van der Waals surface area (Å²) in [6.45, 7) is 1.17. The van der Waals surface area contributed by atoms with Crippen LogP contribution in [0.5, 0.6) is 0 Å². The number of nitrogens with one attached hydrogen (secondary N) is 2. The van der Waals surface area contributed by atoms with E-state index < -0.39 is 5.97 Å². The van der Waals surface area contributed by atoms with Crippen molar-refractivity contribution in [2.24, 2.45) is 0 Å². The molecule has 2 aromatic heterocycles. The normalized spacial score (nSPS) is 11.2. The predicted molar refractivity (Wildman–Crippen MR) is 136 cm³/mol. The van der Waals surface area contributed by atoms with Gasteiger partial charge in [0, 0.05) is 27.9 Å². The van der Waals surface area contributed by atoms with Crippen LogP contribution in [0.2, 0.25) is 5.02 Å². The van der Waals surface area contributed by atoms with Gasteiger partial charge in [-0.1, -0.05) is 65.8 Å². The van der Waals surface area contributed by atoms with E-state index in [1.807, 2.05) is 84.9 Å². The summed E-state index contributed by atoms with van der Waals surface area (Å²) in [6.07, 6.45) is 0. The molecule has 0 bridgehead atoms. The minimum Gasteiger partial charge on any atom is -0.477 e. The molecule has 0 unspecified atom stereocenters. The van der Waals surface area contributed by atoms with E-state index in [4.69, 9.17) is 16.0 Å². The van der Waals surface area contributed by atoms with E-state index in [0.717, 1.165) is 43.3 Å². The van der Waals surface area contributed by atoms with E-state index in [9.17, 15) is 9.90 Å². The maximum atomic E-state index is 11.8. The molecule has 0 spiro atoms. The van der Waals surface area contributed by atoms with Gasteiger partial charge in [-0.05, 0) is 48.0 Å². The molecule has 0 radical (unpaired) electrons. The van der Waals surface area contributed by atoms with Crippen LogP contribution in [0.15, 0.2) is 99.1 Å². The summed E-state index contributed by atoms with van der Waals surface area (Å²) in [4.78, 5) is 16.6. The lowest BCUT2D eigenvalue weighted by molar-refractivity contribution is 0.0687. The number of fused-ring (bicyclic) bond motifs is 1. The molecule has 7 heteroatoms. The highest BCUT2D eigenvalue weighted by molar-refractivity contribution is 7.99. The van der Waals surface area contributed by atoms with Gasteiger partial charge in [0.15, 0.2) is 0 Å². The van der Waals surface area contributed by atoms with Crippen LogP contribution in [0.25, 0.3) is 22.2 Å². The Morgan fingerprint density at radius 3 is 2.56 bits per heavy atom. The van der Waals surface area contributed by atoms with Crippen molar-refractivity contribution in [3.05, 3.63) is 107 Å². The van der Waals surface area contributed by atoms with Gasteiger partial charge >= 0.3 is 5.97 Å². The molecular weight excluding hydrogens is 468 g/mol. The molecule has 0 aliphatic carbocycles. The second-order valence-electron chi connectivity index (χ2n) is 7.78. The van der Waals surface area contributed by atoms with Gasteiger partial charge in [-0.3, -0.25) is 0 Å². The molecule has 170 valence electrons. The summed E-state index contributed by atoms with van der Waals surface area (Å²) in [7, 11) is 0. The number of aromatic nitrogens is 1. The Morgan fingerprint density at radius 2 is 1.76 bits per heavy atom. The van der Waals surface area contributed by atoms with Gasteiger partial charge in [0.2, 0.25) is 0 Å². The molecule has 0 aliphatic rings. The van der Waals surface area contributed by atoms with Crippen LogP contribution in [0, 0.1) is 0 Å². The number of benzene rings is 3. The molecule has 2 heterocycles. The summed E-state index contributed by atoms with van der Waals surface area (Å²) < 4.78 is 5.94. The lowest BCUT2D eigenvalue weighted by Gasteiger charge is -2.05. The van der Waals surface area contributed by atoms with E-state index in [1.165, 1.54) is 11.8 Å². The fourth-order valence-corrected chi connectivity index (χ4v) is 5.09. The van der Waals surface area contributed by atoms with Crippen LogP contribution in [-0.4, -0.2) is 16.1 Å². The Bertz CT molecular complexity index is 1460. The molecule has 3 N–H and O–H groups in total. The van der Waals surface area contributed by atoms with Gasteiger partial charge in [0.1, 0.15) is 17.2 Å². The highest BCUT2D eigenvalue weighted by atomic mass is 35.5. The maximum absolute atomic E-state index is 11.8. The molecule has 5 nitrogen and oxygen atoms in total. The van der Waals surface area contributed by atoms with Gasteiger partial charge in [-0.2, -0.15) is 0 Å². The van der Waals surface area contributed by atoms with Crippen LogP contribution in [0.1, 0.15) is 21.8 Å². The SMILES string of the molecule is O=C(O)c1[nH]c2cc(CNCc3ccc(-c4ccccc4Cl)o3)ccc2c1Sc1ccccc1. The van der Waals surface area contributed by atoms with E-state index in [2.05, 4.69) is 10.3 Å². The Kier molecular flexibility index (Phi) is 6.45. The van der Waals surface area contributed by atoms with Crippen molar-refractivity contribution in [1.82, 2.24) is 10.3 Å². The van der Waals surface area contributed by atoms with E-state index in [0.29, 0.717) is 18.1 Å². The van der Waals surface area contributed by atoms with E-state index in [-0.39, 0.29) is 5.69 Å². The van der Waals surface area contributed by atoms with Crippen molar-refractivity contribution in [1.29, 1.82) is 0 Å². The van der Waals surface area contributed by atoms with Gasteiger partial charge in [-0.15, -0.1) is 0 Å². The van der Waals surface area contributed by atoms with Crippen molar-refractivity contribution in [3.63, 3.8) is 0 Å². The zero-order chi connectivity index (χ0) is 23.5. The number of carbonyl (C=O) groups is 1. The van der Waals surface area contributed by atoms with Gasteiger partial charge in [0.05, 0.1) is 16.5 Å². The molecule has 5 aromatic rings. The average molecular weight is 489 g/mol. The second-order valence-corrected chi connectivity index (χ2v) is 9.27. The number of H-pyrrole nitrogens is 1. The van der Waals surface area contributed by atoms with E-state index in [1.54, 1.807) is 0 Å². The number of aromatic amines is 1. The molecule has 0 fully saturated rings. The Morgan fingerprint density at radius 1 is 0.971 bits per heavy atom. The summed E-state index contributed by atoms with van der Waals surface area (Å²) in [6, 6.07) is 27.2. The van der Waals surface area contributed by atoms with Crippen molar-refractivity contribution < 1.29 is 14.3 Å². The van der Waals surface area contributed by atoms with Crippen LogP contribution < -0.4 is 5.32 Å². The third-order valence-electron chi connectivity index (χ3n) is 5.42. The Balaban J connectivity index is 1.30. The summed E-state index contributed by atoms with van der Waals surface area (Å²) in [5, 5.41) is 14.6. The zero-order valence-corrected chi connectivity index (χ0v) is 19.6. The molecule has 34 heavy (non-hydrogen) atoms. The first-order valence-electron chi connectivity index (χ1n) is 10.7. The molecule has 0 saturated heterocycles. The lowest BCUT2D eigenvalue weighted by Crippen LogP contribution is -2.11. The monoisotopic (exact) mass is 488 g/mol. The number of hydrogen-bond acceptors (Lipinski definition) is 4. The number of carboxylic acids is 1. The van der Waals surface area contributed by atoms with Crippen molar-refractivity contribution in [2.45, 2.75) is 22.9 Å². The van der Waals surface area contributed by atoms with Gasteiger partial charge in [0.25, 0.3) is 0 Å². The number of rotatable bonds is 8. The highest BCUT2D eigenvalue weighted by Crippen LogP contribution is 2.37. The molecule has 0 aliphatic heterocycles. The Labute approximate surface area is 205 Å². The number of hydrogen-bond donors (Lipinski definition) is 3. The average Bonchev–Trinajstić information content (AvgIpc) is 3.45. The summed E-state index contributed by atoms with van der Waals surface area (Å²) >= 11 is 7.71. The van der Waals surface area contributed by atoms with E-state index >= 15 is 0 Å². The molecular formula is C27H21ClN2O3S. The zero-order valence-electron chi connectivity index (χ0n) is 18.0. The quantitative estimate of drug-likeness (QED) is 0.215. The number of furan rings is 1. The van der Waals surface area contributed by atoms with Crippen molar-refractivity contribution in [3.8, 4) is 11.3 Å². The Hall–Kier alpha value is -3.45. The van der Waals surface area contributed by atoms with Gasteiger partial charge < -0.3 is 19.8 Å². The minimum absolute atomic E-state index is 0.205. The highest BCUT2D eigenvalue weighted by Gasteiger charge is 2.18. The van der Waals surface area contributed by atoms with Crippen LogP contribution >= 0.6 is 23.4 Å². The first kappa shape index (κ1) is 22.3. The molecule has 0 saturated carbocycles. The first-order valence-corrected chi connectivity index (χ1v) is 11.9. The second kappa shape index (κ2) is 9.81. The molecule has 0 atom stereocenters. The third-order valence-corrected chi connectivity index (χ3v) is 6.89. The first-order chi connectivity index (χ1) is 16.6. The van der Waals surface area contributed by atoms with Crippen LogP contribution in [0.4, 0.5) is 0 Å². The van der Waals surface area contributed by atoms with Gasteiger partial charge in [-0.25, -0.2) is 4.79 Å². The predicted octanol–water partition coefficient (Wildman–Crippen LogP) is 7.22. The van der Waals surface area contributed by atoms with Crippen LogP contribution in [0.3, 0.4) is 0 Å². The topological polar surface area (TPSA) is 78.3 Å². The smallest absolute Gasteiger partial charge is 0.353 e. The maximum Gasteiger partial charge on any atom is 0.353 e. The van der Waals surface area contributed by atoms with Crippen molar-refractivity contribution >= 4 is 40.2 Å². The standard InChI is InChI=1S/C27H21ClN2O3S/c28-22-9-5-4-8-20(22)24-13-11-18(33-24)16-29-15-17-10-12-21-23(14-17)30-25(27(31)32)26(21)34-19-6-2-1-3-7-19/h1-14,29-30H,15-16H2,(H,31,32). The largest absolute Gasteiger partial charge is 0.477 e. The van der Waals surface area contributed by atoms with Crippen molar-refractivity contribution in [2.75, 3.05) is 0 Å². The minimum atomic E-state index is -0.971. The third kappa shape index (κ3) is 4.75. The number of aromatic carboxylic acids is 1. The molecule has 5 rings (SSSR count). The summed E-state index contributed by atoms with van der Waals surface area (Å²) in [5.41, 5.74) is 2.91. The molecule has 3 aromatic carbocycles. The lowest BCUT2D eigenvalue weighted by atomic mass is 10.1. The van der Waals surface area contributed by atoms with Crippen LogP contribution in [-0.2, 0) is 13.1 Å². The fourth-order valence-electron chi connectivity index (χ4n) is 3.80. The number of carboxylic acid groups (broad SMARTS) is 1. The molecule has 0 amide bonds. The summed E-state index contributed by atoms with van der Waals surface area (Å²) in [5.74, 6) is 0.576. The number of halogens is 1. The fraction of sp³-hybridized carbons (Fsp3) is 0.0741.